The number of nitrogens with zero attached hydrogens (tertiary/aromatic N) is 4. The van der Waals surface area contributed by atoms with Crippen LogP contribution in [0.5, 0.6) is 5.88 Å². The van der Waals surface area contributed by atoms with E-state index in [2.05, 4.69) is 9.88 Å². The Hall–Kier alpha value is -3.11. The minimum absolute atomic E-state index is 0.0117. The Kier molecular flexibility index (Phi) is 6.81. The molecule has 0 N–H and O–H groups in total. The van der Waals surface area contributed by atoms with Crippen LogP contribution >= 0.6 is 11.6 Å². The maximum atomic E-state index is 15.1. The maximum Gasteiger partial charge on any atom is 0.281 e. The van der Waals surface area contributed by atoms with Crippen molar-refractivity contribution in [1.29, 1.82) is 0 Å². The summed E-state index contributed by atoms with van der Waals surface area (Å²) in [7, 11) is 1.97. The van der Waals surface area contributed by atoms with E-state index in [0.717, 1.165) is 23.7 Å². The van der Waals surface area contributed by atoms with Gasteiger partial charge in [-0.1, -0.05) is 11.6 Å². The summed E-state index contributed by atoms with van der Waals surface area (Å²) in [5, 5.41) is -0.532. The molecule has 11 heteroatoms. The number of hydrogen-bond acceptors (Lipinski definition) is 5. The van der Waals surface area contributed by atoms with Crippen molar-refractivity contribution in [3.8, 4) is 11.6 Å². The van der Waals surface area contributed by atoms with E-state index in [4.69, 9.17) is 16.3 Å². The van der Waals surface area contributed by atoms with Crippen LogP contribution in [-0.4, -0.2) is 47.7 Å². The number of piperazine rings is 1. The topological polar surface area (TPSA) is 50.6 Å². The normalized spacial score (nSPS) is 14.5. The summed E-state index contributed by atoms with van der Waals surface area (Å²) in [6.45, 7) is 3.71. The molecule has 0 atom stereocenters. The lowest BCUT2D eigenvalue weighted by molar-refractivity contribution is 0.285. The molecule has 0 saturated carbocycles. The van der Waals surface area contributed by atoms with E-state index < -0.39 is 39.5 Å². The molecule has 0 radical (unpaired) electrons. The second-order valence-corrected chi connectivity index (χ2v) is 8.37. The molecule has 1 aliphatic rings. The Balaban J connectivity index is 1.65. The zero-order chi connectivity index (χ0) is 24.6. The quantitative estimate of drug-likeness (QED) is 0.498. The monoisotopic (exact) mass is 496 g/mol. The first-order chi connectivity index (χ1) is 16.2. The summed E-state index contributed by atoms with van der Waals surface area (Å²) in [5.74, 6) is -3.91. The molecule has 2 heterocycles. The number of anilines is 1. The first-order valence-electron chi connectivity index (χ1n) is 10.4. The Bertz CT molecular complexity index is 1270. The number of likely N-dealkylation sites (N-methyl/N-ethyl adjacent to an activating group) is 1. The SMILES string of the molecule is Cc1nc(OCc2ccc(F)cc2F)c(Cl)c(=O)n1-c1c(F)cc(N2CCN(C)CC2)cc1F. The van der Waals surface area contributed by atoms with Crippen LogP contribution in [0, 0.1) is 30.2 Å². The van der Waals surface area contributed by atoms with Crippen molar-refractivity contribution < 1.29 is 22.3 Å². The van der Waals surface area contributed by atoms with Crippen molar-refractivity contribution in [3.63, 3.8) is 0 Å². The van der Waals surface area contributed by atoms with Gasteiger partial charge in [-0.25, -0.2) is 17.6 Å². The molecule has 1 saturated heterocycles. The van der Waals surface area contributed by atoms with Crippen LogP contribution in [0.15, 0.2) is 35.1 Å². The number of aryl methyl sites for hydroxylation is 1. The summed E-state index contributed by atoms with van der Waals surface area (Å²) in [6.07, 6.45) is 0. The van der Waals surface area contributed by atoms with E-state index in [1.807, 2.05) is 11.9 Å². The summed E-state index contributed by atoms with van der Waals surface area (Å²) < 4.78 is 63.1. The number of aromatic nitrogens is 2. The molecule has 0 amide bonds. The van der Waals surface area contributed by atoms with Gasteiger partial charge in [-0.3, -0.25) is 9.36 Å². The van der Waals surface area contributed by atoms with Gasteiger partial charge >= 0.3 is 0 Å². The lowest BCUT2D eigenvalue weighted by Gasteiger charge is -2.34. The number of hydrogen-bond donors (Lipinski definition) is 0. The van der Waals surface area contributed by atoms with Crippen LogP contribution in [-0.2, 0) is 6.61 Å². The fourth-order valence-corrected chi connectivity index (χ4v) is 3.92. The smallest absolute Gasteiger partial charge is 0.281 e. The molecule has 6 nitrogen and oxygen atoms in total. The molecule has 2 aromatic carbocycles. The Morgan fingerprint density at radius 2 is 1.65 bits per heavy atom. The van der Waals surface area contributed by atoms with Crippen LogP contribution < -0.4 is 15.2 Å². The maximum absolute atomic E-state index is 15.1. The molecule has 3 aromatic rings. The largest absolute Gasteiger partial charge is 0.471 e. The minimum Gasteiger partial charge on any atom is -0.471 e. The van der Waals surface area contributed by atoms with Gasteiger partial charge in [0.2, 0.25) is 5.88 Å². The summed E-state index contributed by atoms with van der Waals surface area (Å²) >= 11 is 6.09. The molecule has 0 bridgehead atoms. The molecule has 1 aliphatic heterocycles. The van der Waals surface area contributed by atoms with E-state index in [-0.39, 0.29) is 23.9 Å². The number of ether oxygens (including phenoxy) is 1. The minimum atomic E-state index is -0.950. The Morgan fingerprint density at radius 3 is 2.26 bits per heavy atom. The van der Waals surface area contributed by atoms with Crippen LogP contribution in [0.3, 0.4) is 0 Å². The standard InChI is InChI=1S/C23H21ClF4N4O2/c1-13-29-22(34-12-14-3-4-15(25)9-17(14)26)20(24)23(33)32(13)21-18(27)10-16(11-19(21)28)31-7-5-30(2)6-8-31/h3-4,9-11H,5-8,12H2,1-2H3. The van der Waals surface area contributed by atoms with E-state index >= 15 is 8.78 Å². The molecule has 0 unspecified atom stereocenters. The molecule has 180 valence electrons. The van der Waals surface area contributed by atoms with Crippen molar-refractivity contribution in [2.24, 2.45) is 0 Å². The number of rotatable bonds is 5. The fourth-order valence-electron chi connectivity index (χ4n) is 3.74. The highest BCUT2D eigenvalue weighted by Crippen LogP contribution is 2.28. The summed E-state index contributed by atoms with van der Waals surface area (Å²) in [5.41, 5.74) is -1.17. The third-order valence-electron chi connectivity index (χ3n) is 5.64. The highest BCUT2D eigenvalue weighted by molar-refractivity contribution is 6.31. The van der Waals surface area contributed by atoms with Crippen molar-refractivity contribution in [2.45, 2.75) is 13.5 Å². The van der Waals surface area contributed by atoms with Crippen LogP contribution in [0.1, 0.15) is 11.4 Å². The summed E-state index contributed by atoms with van der Waals surface area (Å²) in [6, 6.07) is 5.27. The third kappa shape index (κ3) is 4.74. The lowest BCUT2D eigenvalue weighted by Crippen LogP contribution is -2.44. The van der Waals surface area contributed by atoms with Gasteiger partial charge in [0.1, 0.15) is 29.8 Å². The molecular weight excluding hydrogens is 476 g/mol. The van der Waals surface area contributed by atoms with Gasteiger partial charge in [-0.15, -0.1) is 0 Å². The molecular formula is C23H21ClF4N4O2. The fraction of sp³-hybridized carbons (Fsp3) is 0.304. The predicted octanol–water partition coefficient (Wildman–Crippen LogP) is 4.08. The van der Waals surface area contributed by atoms with Crippen LogP contribution in [0.4, 0.5) is 23.2 Å². The zero-order valence-corrected chi connectivity index (χ0v) is 19.2. The number of halogens is 5. The van der Waals surface area contributed by atoms with Gasteiger partial charge in [0.05, 0.1) is 0 Å². The highest BCUT2D eigenvalue weighted by Gasteiger charge is 2.23. The van der Waals surface area contributed by atoms with E-state index in [0.29, 0.717) is 24.8 Å². The van der Waals surface area contributed by atoms with Gasteiger partial charge in [0.25, 0.3) is 5.56 Å². The van der Waals surface area contributed by atoms with Crippen molar-refractivity contribution >= 4 is 17.3 Å². The number of benzene rings is 2. The third-order valence-corrected chi connectivity index (χ3v) is 5.96. The van der Waals surface area contributed by atoms with Crippen molar-refractivity contribution in [2.75, 3.05) is 38.1 Å². The van der Waals surface area contributed by atoms with Gasteiger partial charge < -0.3 is 14.5 Å². The average Bonchev–Trinajstić information content (AvgIpc) is 2.78. The molecule has 1 aromatic heterocycles. The lowest BCUT2D eigenvalue weighted by atomic mass is 10.2. The van der Waals surface area contributed by atoms with Crippen LogP contribution in [0.25, 0.3) is 5.69 Å². The van der Waals surface area contributed by atoms with Crippen molar-refractivity contribution in [1.82, 2.24) is 14.5 Å². The molecule has 0 spiro atoms. The molecule has 34 heavy (non-hydrogen) atoms. The zero-order valence-electron chi connectivity index (χ0n) is 18.4. The van der Waals surface area contributed by atoms with Gasteiger partial charge in [-0.05, 0) is 38.2 Å². The second kappa shape index (κ2) is 9.63. The highest BCUT2D eigenvalue weighted by atomic mass is 35.5. The van der Waals surface area contributed by atoms with Gasteiger partial charge in [-0.2, -0.15) is 4.98 Å². The Labute approximate surface area is 198 Å². The van der Waals surface area contributed by atoms with E-state index in [9.17, 15) is 13.6 Å². The first-order valence-corrected chi connectivity index (χ1v) is 10.8. The first kappa shape index (κ1) is 24.0. The second-order valence-electron chi connectivity index (χ2n) is 7.99. The molecule has 1 fully saturated rings. The molecule has 4 rings (SSSR count). The summed E-state index contributed by atoms with van der Waals surface area (Å²) in [4.78, 5) is 20.9. The van der Waals surface area contributed by atoms with Gasteiger partial charge in [0.15, 0.2) is 16.7 Å². The average molecular weight is 497 g/mol. The van der Waals surface area contributed by atoms with Crippen LogP contribution in [0.2, 0.25) is 5.02 Å². The van der Waals surface area contributed by atoms with E-state index in [1.165, 1.54) is 25.1 Å². The Morgan fingerprint density at radius 1 is 1.00 bits per heavy atom. The van der Waals surface area contributed by atoms with E-state index in [1.54, 1.807) is 0 Å². The van der Waals surface area contributed by atoms with Crippen molar-refractivity contribution in [3.05, 3.63) is 80.4 Å². The van der Waals surface area contributed by atoms with Gasteiger partial charge in [0, 0.05) is 43.5 Å². The molecule has 0 aliphatic carbocycles. The predicted molar refractivity (Wildman–Crippen MR) is 120 cm³/mol.